The fourth-order valence-corrected chi connectivity index (χ4v) is 2.70. The minimum Gasteiger partial charge on any atom is -0.374 e. The number of hydrogen-bond acceptors (Lipinski definition) is 6. The standard InChI is InChI=1S/C14H19N5O2S/c1-7-6-9(11(21)19(5)8(7)2)10(20)16-14(3,4)12-17-18-13(15)22-12/h6H,1-5H3,(H2,15,18)(H,16,20). The summed E-state index contributed by atoms with van der Waals surface area (Å²) in [5.74, 6) is -0.442. The number of nitrogens with one attached hydrogen (secondary N) is 1. The Morgan fingerprint density at radius 3 is 2.55 bits per heavy atom. The van der Waals surface area contributed by atoms with E-state index in [1.807, 2.05) is 13.8 Å². The van der Waals surface area contributed by atoms with E-state index in [2.05, 4.69) is 15.5 Å². The highest BCUT2D eigenvalue weighted by Gasteiger charge is 2.28. The van der Waals surface area contributed by atoms with Crippen LogP contribution < -0.4 is 16.6 Å². The Labute approximate surface area is 132 Å². The van der Waals surface area contributed by atoms with Crippen molar-refractivity contribution >= 4 is 22.4 Å². The summed E-state index contributed by atoms with van der Waals surface area (Å²) in [6, 6.07) is 1.61. The Hall–Kier alpha value is -2.22. The van der Waals surface area contributed by atoms with Gasteiger partial charge in [0, 0.05) is 12.7 Å². The lowest BCUT2D eigenvalue weighted by atomic mass is 10.1. The van der Waals surface area contributed by atoms with E-state index in [1.165, 1.54) is 15.9 Å². The van der Waals surface area contributed by atoms with E-state index < -0.39 is 11.4 Å². The van der Waals surface area contributed by atoms with Crippen molar-refractivity contribution in [1.29, 1.82) is 0 Å². The second-order valence-electron chi connectivity index (χ2n) is 5.72. The highest BCUT2D eigenvalue weighted by atomic mass is 32.1. The molecule has 2 rings (SSSR count). The van der Waals surface area contributed by atoms with Crippen LogP contribution in [0.25, 0.3) is 0 Å². The van der Waals surface area contributed by atoms with Gasteiger partial charge in [-0.25, -0.2) is 0 Å². The lowest BCUT2D eigenvalue weighted by Crippen LogP contribution is -2.43. The minimum atomic E-state index is -0.768. The van der Waals surface area contributed by atoms with Gasteiger partial charge in [-0.15, -0.1) is 10.2 Å². The molecule has 0 fully saturated rings. The zero-order valence-electron chi connectivity index (χ0n) is 13.2. The average Bonchev–Trinajstić information content (AvgIpc) is 2.87. The van der Waals surface area contributed by atoms with Crippen LogP contribution in [0, 0.1) is 13.8 Å². The molecule has 0 saturated heterocycles. The smallest absolute Gasteiger partial charge is 0.263 e. The third-order valence-electron chi connectivity index (χ3n) is 3.62. The number of anilines is 1. The monoisotopic (exact) mass is 321 g/mol. The molecule has 8 heteroatoms. The first-order chi connectivity index (χ1) is 10.1. The molecule has 2 heterocycles. The number of rotatable bonds is 3. The van der Waals surface area contributed by atoms with Crippen LogP contribution in [-0.2, 0) is 12.6 Å². The second kappa shape index (κ2) is 5.53. The molecule has 2 aromatic rings. The van der Waals surface area contributed by atoms with E-state index in [-0.39, 0.29) is 11.1 Å². The van der Waals surface area contributed by atoms with Gasteiger partial charge in [0.05, 0.1) is 5.54 Å². The number of hydrogen-bond donors (Lipinski definition) is 2. The highest BCUT2D eigenvalue weighted by molar-refractivity contribution is 7.15. The zero-order valence-corrected chi connectivity index (χ0v) is 14.0. The lowest BCUT2D eigenvalue weighted by molar-refractivity contribution is 0.0909. The van der Waals surface area contributed by atoms with Crippen molar-refractivity contribution in [2.75, 3.05) is 5.73 Å². The summed E-state index contributed by atoms with van der Waals surface area (Å²) in [6.07, 6.45) is 0. The molecule has 118 valence electrons. The van der Waals surface area contributed by atoms with Gasteiger partial charge < -0.3 is 15.6 Å². The number of aryl methyl sites for hydroxylation is 1. The molecule has 7 nitrogen and oxygen atoms in total. The number of amides is 1. The first kappa shape index (κ1) is 16.2. The molecular formula is C14H19N5O2S. The molecule has 2 aromatic heterocycles. The van der Waals surface area contributed by atoms with Crippen molar-refractivity contribution in [3.05, 3.63) is 38.2 Å². The molecule has 22 heavy (non-hydrogen) atoms. The summed E-state index contributed by atoms with van der Waals surface area (Å²) in [5, 5.41) is 11.4. The topological polar surface area (TPSA) is 103 Å². The maximum absolute atomic E-state index is 12.5. The molecule has 0 bridgehead atoms. The first-order valence-electron chi connectivity index (χ1n) is 6.72. The number of aromatic nitrogens is 3. The average molecular weight is 321 g/mol. The van der Waals surface area contributed by atoms with Gasteiger partial charge >= 0.3 is 0 Å². The van der Waals surface area contributed by atoms with Crippen LogP contribution in [0.2, 0.25) is 0 Å². The van der Waals surface area contributed by atoms with E-state index in [0.717, 1.165) is 11.3 Å². The fourth-order valence-electron chi connectivity index (χ4n) is 2.03. The van der Waals surface area contributed by atoms with Crippen LogP contribution in [0.1, 0.15) is 40.5 Å². The van der Waals surface area contributed by atoms with Gasteiger partial charge in [0.1, 0.15) is 10.6 Å². The van der Waals surface area contributed by atoms with Crippen molar-refractivity contribution in [3.63, 3.8) is 0 Å². The van der Waals surface area contributed by atoms with Gasteiger partial charge in [0.15, 0.2) is 0 Å². The van der Waals surface area contributed by atoms with Gasteiger partial charge in [-0.05, 0) is 39.3 Å². The molecular weight excluding hydrogens is 302 g/mol. The van der Waals surface area contributed by atoms with E-state index in [0.29, 0.717) is 10.1 Å². The molecule has 0 spiro atoms. The Bertz CT molecular complexity index is 791. The third-order valence-corrected chi connectivity index (χ3v) is 4.69. The molecule has 0 atom stereocenters. The summed E-state index contributed by atoms with van der Waals surface area (Å²) < 4.78 is 1.47. The Balaban J connectivity index is 2.36. The molecule has 0 aliphatic carbocycles. The minimum absolute atomic E-state index is 0.108. The van der Waals surface area contributed by atoms with E-state index in [9.17, 15) is 9.59 Å². The molecule has 1 amide bonds. The van der Waals surface area contributed by atoms with E-state index >= 15 is 0 Å². The molecule has 0 saturated carbocycles. The molecule has 0 aliphatic heterocycles. The SMILES string of the molecule is Cc1cc(C(=O)NC(C)(C)c2nnc(N)s2)c(=O)n(C)c1C. The van der Waals surface area contributed by atoms with Crippen LogP contribution >= 0.6 is 11.3 Å². The Morgan fingerprint density at radius 1 is 1.36 bits per heavy atom. The summed E-state index contributed by atoms with van der Waals surface area (Å²) in [6.45, 7) is 7.28. The number of nitrogen functional groups attached to an aromatic ring is 1. The Kier molecular flexibility index (Phi) is 4.06. The molecule has 0 aliphatic rings. The number of carbonyl (C=O) groups is 1. The number of nitrogens with two attached hydrogens (primary N) is 1. The summed E-state index contributed by atoms with van der Waals surface area (Å²) in [7, 11) is 1.65. The maximum Gasteiger partial charge on any atom is 0.263 e. The predicted molar refractivity (Wildman–Crippen MR) is 86.0 cm³/mol. The van der Waals surface area contributed by atoms with Crippen molar-refractivity contribution in [1.82, 2.24) is 20.1 Å². The Morgan fingerprint density at radius 2 is 2.00 bits per heavy atom. The summed E-state index contributed by atoms with van der Waals surface area (Å²) in [5.41, 5.74) is 6.30. The van der Waals surface area contributed by atoms with Crippen molar-refractivity contribution < 1.29 is 4.79 Å². The van der Waals surface area contributed by atoms with Crippen LogP contribution in [-0.4, -0.2) is 20.7 Å². The zero-order chi connectivity index (χ0) is 16.7. The quantitative estimate of drug-likeness (QED) is 0.881. The normalized spacial score (nSPS) is 11.5. The molecule has 0 unspecified atom stereocenters. The largest absolute Gasteiger partial charge is 0.374 e. The molecule has 0 radical (unpaired) electrons. The van der Waals surface area contributed by atoms with Crippen LogP contribution in [0.5, 0.6) is 0 Å². The highest BCUT2D eigenvalue weighted by Crippen LogP contribution is 2.25. The van der Waals surface area contributed by atoms with Gasteiger partial charge in [0.25, 0.3) is 11.5 Å². The van der Waals surface area contributed by atoms with E-state index in [1.54, 1.807) is 27.0 Å². The van der Waals surface area contributed by atoms with Crippen LogP contribution in [0.15, 0.2) is 10.9 Å². The number of pyridine rings is 1. The predicted octanol–water partition coefficient (Wildman–Crippen LogP) is 1.10. The van der Waals surface area contributed by atoms with Crippen LogP contribution in [0.4, 0.5) is 5.13 Å². The van der Waals surface area contributed by atoms with Gasteiger partial charge in [-0.3, -0.25) is 9.59 Å². The third kappa shape index (κ3) is 2.87. The summed E-state index contributed by atoms with van der Waals surface area (Å²) in [4.78, 5) is 24.7. The second-order valence-corrected chi connectivity index (χ2v) is 6.72. The maximum atomic E-state index is 12.5. The van der Waals surface area contributed by atoms with Gasteiger partial charge in [-0.2, -0.15) is 0 Å². The van der Waals surface area contributed by atoms with Crippen LogP contribution in [0.3, 0.4) is 0 Å². The first-order valence-corrected chi connectivity index (χ1v) is 7.54. The van der Waals surface area contributed by atoms with E-state index in [4.69, 9.17) is 5.73 Å². The van der Waals surface area contributed by atoms with Crippen molar-refractivity contribution in [2.24, 2.45) is 7.05 Å². The number of carbonyl (C=O) groups excluding carboxylic acids is 1. The lowest BCUT2D eigenvalue weighted by Gasteiger charge is -2.23. The fraction of sp³-hybridized carbons (Fsp3) is 0.429. The van der Waals surface area contributed by atoms with Crippen molar-refractivity contribution in [3.8, 4) is 0 Å². The molecule has 0 aromatic carbocycles. The van der Waals surface area contributed by atoms with Gasteiger partial charge in [-0.1, -0.05) is 11.3 Å². The number of nitrogens with zero attached hydrogens (tertiary/aromatic N) is 3. The molecule has 3 N–H and O–H groups in total. The van der Waals surface area contributed by atoms with Gasteiger partial charge in [0.2, 0.25) is 5.13 Å². The van der Waals surface area contributed by atoms with Crippen molar-refractivity contribution in [2.45, 2.75) is 33.2 Å². The summed E-state index contributed by atoms with van der Waals surface area (Å²) >= 11 is 1.20.